The number of rotatable bonds is 5. The van der Waals surface area contributed by atoms with Crippen molar-refractivity contribution in [3.63, 3.8) is 0 Å². The Hall–Kier alpha value is -2.22. The van der Waals surface area contributed by atoms with E-state index in [2.05, 4.69) is 34.1 Å². The number of anilines is 1. The molecule has 1 fully saturated rings. The number of nitrogens with zero attached hydrogens (tertiary/aromatic N) is 1. The average molecular weight is 341 g/mol. The number of hydrogen-bond donors (Lipinski definition) is 2. The van der Waals surface area contributed by atoms with Gasteiger partial charge in [-0.05, 0) is 44.5 Å². The molecular weight excluding hydrogens is 320 g/mol. The van der Waals surface area contributed by atoms with Crippen molar-refractivity contribution in [2.45, 2.75) is 39.0 Å². The van der Waals surface area contributed by atoms with E-state index in [1.165, 1.54) is 24.3 Å². The first-order chi connectivity index (χ1) is 11.3. The van der Waals surface area contributed by atoms with E-state index in [9.17, 15) is 18.4 Å². The topological polar surface area (TPSA) is 70.7 Å². The largest absolute Gasteiger partial charge is 0.435 e. The Morgan fingerprint density at radius 1 is 1.21 bits per heavy atom. The number of likely N-dealkylation sites (tertiary alicyclic amines) is 1. The minimum absolute atomic E-state index is 0.0211. The van der Waals surface area contributed by atoms with E-state index in [1.54, 1.807) is 0 Å². The number of nitrogens with one attached hydrogen (secondary N) is 2. The molecule has 8 heteroatoms. The molecule has 2 amide bonds. The molecule has 0 bridgehead atoms. The maximum Gasteiger partial charge on any atom is 0.387 e. The first-order valence-corrected chi connectivity index (χ1v) is 7.76. The number of carbonyl (C=O) groups is 2. The van der Waals surface area contributed by atoms with E-state index < -0.39 is 18.4 Å². The Labute approximate surface area is 139 Å². The van der Waals surface area contributed by atoms with E-state index in [-0.39, 0.29) is 11.8 Å². The highest BCUT2D eigenvalue weighted by Crippen LogP contribution is 2.17. The molecule has 1 aromatic carbocycles. The van der Waals surface area contributed by atoms with Crippen molar-refractivity contribution in [1.82, 2.24) is 10.2 Å². The standard InChI is InChI=1S/C16H21F2N3O3/c1-10(2)21-8-7-12(9-21)20-15(23)14(22)19-11-3-5-13(6-4-11)24-16(17)18/h3-6,10,12,16H,7-9H2,1-2H3,(H,19,22)(H,20,23). The molecule has 1 atom stereocenters. The molecule has 0 aromatic heterocycles. The number of amides is 2. The van der Waals surface area contributed by atoms with Crippen molar-refractivity contribution in [2.75, 3.05) is 18.4 Å². The van der Waals surface area contributed by atoms with Gasteiger partial charge in [0.15, 0.2) is 0 Å². The van der Waals surface area contributed by atoms with Gasteiger partial charge in [0.2, 0.25) is 0 Å². The predicted molar refractivity (Wildman–Crippen MR) is 85.0 cm³/mol. The van der Waals surface area contributed by atoms with Crippen molar-refractivity contribution in [3.8, 4) is 5.75 Å². The number of hydrogen-bond acceptors (Lipinski definition) is 4. The van der Waals surface area contributed by atoms with Crippen molar-refractivity contribution in [2.24, 2.45) is 0 Å². The second-order valence-electron chi connectivity index (χ2n) is 5.90. The Morgan fingerprint density at radius 2 is 1.88 bits per heavy atom. The highest BCUT2D eigenvalue weighted by atomic mass is 19.3. The van der Waals surface area contributed by atoms with Crippen LogP contribution in [0.15, 0.2) is 24.3 Å². The zero-order valence-corrected chi connectivity index (χ0v) is 13.6. The van der Waals surface area contributed by atoms with Gasteiger partial charge in [-0.15, -0.1) is 0 Å². The highest BCUT2D eigenvalue weighted by molar-refractivity contribution is 6.39. The normalized spacial score (nSPS) is 18.0. The fraction of sp³-hybridized carbons (Fsp3) is 0.500. The lowest BCUT2D eigenvalue weighted by Gasteiger charge is -2.20. The van der Waals surface area contributed by atoms with Gasteiger partial charge in [-0.1, -0.05) is 0 Å². The van der Waals surface area contributed by atoms with Crippen LogP contribution in [0.5, 0.6) is 5.75 Å². The summed E-state index contributed by atoms with van der Waals surface area (Å²) in [5.74, 6) is -1.52. The average Bonchev–Trinajstić information content (AvgIpc) is 2.97. The smallest absolute Gasteiger partial charge is 0.387 e. The zero-order chi connectivity index (χ0) is 17.7. The lowest BCUT2D eigenvalue weighted by Crippen LogP contribution is -2.43. The number of halogens is 2. The molecule has 1 unspecified atom stereocenters. The molecule has 2 rings (SSSR count). The molecule has 2 N–H and O–H groups in total. The van der Waals surface area contributed by atoms with Crippen LogP contribution in [0.2, 0.25) is 0 Å². The summed E-state index contributed by atoms with van der Waals surface area (Å²) >= 11 is 0. The third-order valence-electron chi connectivity index (χ3n) is 3.83. The van der Waals surface area contributed by atoms with E-state index in [1.807, 2.05) is 0 Å². The van der Waals surface area contributed by atoms with Crippen LogP contribution in [0.1, 0.15) is 20.3 Å². The van der Waals surface area contributed by atoms with Gasteiger partial charge >= 0.3 is 18.4 Å². The van der Waals surface area contributed by atoms with Gasteiger partial charge in [0.25, 0.3) is 0 Å². The molecule has 0 aliphatic carbocycles. The first-order valence-electron chi connectivity index (χ1n) is 7.76. The molecule has 1 saturated heterocycles. The molecule has 0 radical (unpaired) electrons. The number of alkyl halides is 2. The van der Waals surface area contributed by atoms with E-state index in [0.29, 0.717) is 11.7 Å². The third kappa shape index (κ3) is 5.16. The Bertz CT molecular complexity index is 578. The molecular formula is C16H21F2N3O3. The van der Waals surface area contributed by atoms with Crippen molar-refractivity contribution in [1.29, 1.82) is 0 Å². The van der Waals surface area contributed by atoms with E-state index in [0.717, 1.165) is 19.5 Å². The summed E-state index contributed by atoms with van der Waals surface area (Å²) in [6, 6.07) is 5.70. The predicted octanol–water partition coefficient (Wildman–Crippen LogP) is 1.83. The summed E-state index contributed by atoms with van der Waals surface area (Å²) in [5, 5.41) is 5.13. The Balaban J connectivity index is 1.82. The second kappa shape index (κ2) is 8.05. The van der Waals surface area contributed by atoms with Crippen molar-refractivity contribution in [3.05, 3.63) is 24.3 Å². The van der Waals surface area contributed by atoms with Crippen LogP contribution < -0.4 is 15.4 Å². The summed E-state index contributed by atoms with van der Waals surface area (Å²) in [6.07, 6.45) is 0.802. The van der Waals surface area contributed by atoms with Crippen molar-refractivity contribution >= 4 is 17.5 Å². The number of carbonyl (C=O) groups excluding carboxylic acids is 2. The zero-order valence-electron chi connectivity index (χ0n) is 13.6. The molecule has 1 aliphatic heterocycles. The fourth-order valence-corrected chi connectivity index (χ4v) is 2.53. The van der Waals surface area contributed by atoms with E-state index >= 15 is 0 Å². The lowest BCUT2D eigenvalue weighted by atomic mass is 10.2. The van der Waals surface area contributed by atoms with Crippen LogP contribution in [0, 0.1) is 0 Å². The van der Waals surface area contributed by atoms with Crippen LogP contribution in [-0.4, -0.2) is 48.5 Å². The van der Waals surface area contributed by atoms with Gasteiger partial charge in [-0.2, -0.15) is 8.78 Å². The monoisotopic (exact) mass is 341 g/mol. The third-order valence-corrected chi connectivity index (χ3v) is 3.83. The molecule has 24 heavy (non-hydrogen) atoms. The quantitative estimate of drug-likeness (QED) is 0.802. The van der Waals surface area contributed by atoms with Gasteiger partial charge in [0.1, 0.15) is 5.75 Å². The second-order valence-corrected chi connectivity index (χ2v) is 5.90. The first kappa shape index (κ1) is 18.1. The molecule has 1 aromatic rings. The van der Waals surface area contributed by atoms with Gasteiger partial charge < -0.3 is 15.4 Å². The Kier molecular flexibility index (Phi) is 6.08. The van der Waals surface area contributed by atoms with Gasteiger partial charge in [0, 0.05) is 30.9 Å². The molecule has 132 valence electrons. The van der Waals surface area contributed by atoms with E-state index in [4.69, 9.17) is 0 Å². The SMILES string of the molecule is CC(C)N1CCC(NC(=O)C(=O)Nc2ccc(OC(F)F)cc2)C1. The number of benzene rings is 1. The summed E-state index contributed by atoms with van der Waals surface area (Å²) in [4.78, 5) is 26.0. The van der Waals surface area contributed by atoms with Gasteiger partial charge in [-0.25, -0.2) is 0 Å². The van der Waals surface area contributed by atoms with Crippen LogP contribution in [0.25, 0.3) is 0 Å². The minimum atomic E-state index is -2.91. The summed E-state index contributed by atoms with van der Waals surface area (Å²) in [5.41, 5.74) is 0.326. The summed E-state index contributed by atoms with van der Waals surface area (Å²) in [6.45, 7) is 2.86. The molecule has 6 nitrogen and oxygen atoms in total. The molecule has 1 heterocycles. The van der Waals surface area contributed by atoms with Crippen LogP contribution in [-0.2, 0) is 9.59 Å². The molecule has 0 saturated carbocycles. The highest BCUT2D eigenvalue weighted by Gasteiger charge is 2.27. The van der Waals surface area contributed by atoms with Crippen molar-refractivity contribution < 1.29 is 23.1 Å². The maximum absolute atomic E-state index is 12.1. The fourth-order valence-electron chi connectivity index (χ4n) is 2.53. The molecule has 0 spiro atoms. The van der Waals surface area contributed by atoms with Crippen LogP contribution >= 0.6 is 0 Å². The van der Waals surface area contributed by atoms with Gasteiger partial charge in [-0.3, -0.25) is 14.5 Å². The summed E-state index contributed by atoms with van der Waals surface area (Å²) in [7, 11) is 0. The number of ether oxygens (including phenoxy) is 1. The Morgan fingerprint density at radius 3 is 2.42 bits per heavy atom. The lowest BCUT2D eigenvalue weighted by molar-refractivity contribution is -0.136. The maximum atomic E-state index is 12.1. The van der Waals surface area contributed by atoms with Gasteiger partial charge in [0.05, 0.1) is 0 Å². The van der Waals surface area contributed by atoms with Crippen LogP contribution in [0.3, 0.4) is 0 Å². The minimum Gasteiger partial charge on any atom is -0.435 e. The summed E-state index contributed by atoms with van der Waals surface area (Å²) < 4.78 is 28.3. The van der Waals surface area contributed by atoms with Crippen LogP contribution in [0.4, 0.5) is 14.5 Å². The molecule has 1 aliphatic rings.